The zero-order valence-electron chi connectivity index (χ0n) is 19.7. The molecule has 3 heterocycles. The molecule has 1 saturated heterocycles. The summed E-state index contributed by atoms with van der Waals surface area (Å²) < 4.78 is 47.6. The lowest BCUT2D eigenvalue weighted by Crippen LogP contribution is -2.25. The van der Waals surface area contributed by atoms with Crippen LogP contribution in [0.15, 0.2) is 46.0 Å². The van der Waals surface area contributed by atoms with Gasteiger partial charge in [-0.3, -0.25) is 9.59 Å². The Morgan fingerprint density at radius 2 is 1.74 bits per heavy atom. The van der Waals surface area contributed by atoms with Gasteiger partial charge in [0.25, 0.3) is 5.56 Å². The Labute approximate surface area is 200 Å². The van der Waals surface area contributed by atoms with Gasteiger partial charge in [0.05, 0.1) is 11.1 Å². The highest BCUT2D eigenvalue weighted by molar-refractivity contribution is 5.75. The predicted molar refractivity (Wildman–Crippen MR) is 128 cm³/mol. The standard InChI is InChI=1S/C17H15F3N4O3.C4H8O.C2H7N/c1-2-21-16-23-14-12(7-8-13(25)22-14)15(26)24(16)10-3-5-11(6-4-10)27-9-17(18,19)20;1-2-4-5-3-1;1-2-3/h3-8H,2,9H2,1H3,(H2,21,22,23,25);1-4H2;2-3H2,1H3. The van der Waals surface area contributed by atoms with Gasteiger partial charge >= 0.3 is 6.18 Å². The van der Waals surface area contributed by atoms with Crippen molar-refractivity contribution in [2.24, 2.45) is 5.73 Å². The van der Waals surface area contributed by atoms with Crippen LogP contribution in [0.2, 0.25) is 0 Å². The Bertz CT molecular complexity index is 1170. The Morgan fingerprint density at radius 3 is 2.26 bits per heavy atom. The summed E-state index contributed by atoms with van der Waals surface area (Å²) in [5.74, 6) is 0.216. The number of pyridine rings is 1. The first-order valence-electron chi connectivity index (χ1n) is 11.2. The van der Waals surface area contributed by atoms with Gasteiger partial charge in [-0.05, 0) is 56.6 Å². The average molecular weight is 498 g/mol. The number of nitrogens with two attached hydrogens (primary N) is 1. The molecule has 0 bridgehead atoms. The summed E-state index contributed by atoms with van der Waals surface area (Å²) >= 11 is 0. The molecule has 4 N–H and O–H groups in total. The van der Waals surface area contributed by atoms with E-state index in [0.29, 0.717) is 12.2 Å². The van der Waals surface area contributed by atoms with E-state index < -0.39 is 18.3 Å². The fourth-order valence-corrected chi connectivity index (χ4v) is 2.98. The van der Waals surface area contributed by atoms with E-state index in [1.54, 1.807) is 0 Å². The van der Waals surface area contributed by atoms with Crippen LogP contribution in [0.25, 0.3) is 16.7 Å². The maximum Gasteiger partial charge on any atom is 0.422 e. The van der Waals surface area contributed by atoms with Gasteiger partial charge in [0, 0.05) is 25.8 Å². The van der Waals surface area contributed by atoms with Crippen LogP contribution in [0, 0.1) is 0 Å². The molecule has 9 nitrogen and oxygen atoms in total. The van der Waals surface area contributed by atoms with Gasteiger partial charge in [-0.2, -0.15) is 18.2 Å². The largest absolute Gasteiger partial charge is 0.484 e. The lowest BCUT2D eigenvalue weighted by molar-refractivity contribution is -0.153. The number of hydrogen-bond acceptors (Lipinski definition) is 7. The molecule has 4 rings (SSSR count). The molecule has 0 amide bonds. The minimum atomic E-state index is -4.44. The van der Waals surface area contributed by atoms with Crippen molar-refractivity contribution in [1.82, 2.24) is 14.5 Å². The van der Waals surface area contributed by atoms with Crippen molar-refractivity contribution in [2.45, 2.75) is 32.9 Å². The zero-order valence-corrected chi connectivity index (χ0v) is 19.7. The first-order chi connectivity index (χ1) is 16.7. The third kappa shape index (κ3) is 8.72. The maximum absolute atomic E-state index is 12.9. The molecule has 1 aromatic carbocycles. The number of ether oxygens (including phenoxy) is 2. The van der Waals surface area contributed by atoms with E-state index in [2.05, 4.69) is 20.0 Å². The molecule has 1 aliphatic heterocycles. The number of fused-ring (bicyclic) bond motifs is 1. The molecule has 0 aliphatic carbocycles. The van der Waals surface area contributed by atoms with Crippen LogP contribution in [0.3, 0.4) is 0 Å². The van der Waals surface area contributed by atoms with Crippen molar-refractivity contribution in [1.29, 1.82) is 0 Å². The number of anilines is 1. The zero-order chi connectivity index (χ0) is 25.8. The van der Waals surface area contributed by atoms with E-state index in [1.807, 2.05) is 13.8 Å². The summed E-state index contributed by atoms with van der Waals surface area (Å²) in [7, 11) is 0. The number of aromatic nitrogens is 3. The van der Waals surface area contributed by atoms with E-state index >= 15 is 0 Å². The molecule has 0 radical (unpaired) electrons. The van der Waals surface area contributed by atoms with Gasteiger partial charge in [-0.25, -0.2) is 4.57 Å². The van der Waals surface area contributed by atoms with Gasteiger partial charge in [0.15, 0.2) is 6.61 Å². The SMILES string of the molecule is C1CCOC1.CCN.CCNc1nc2[nH]c(=O)ccc2c(=O)n1-c1ccc(OCC(F)(F)F)cc1. The molecular formula is C23H30F3N5O4. The molecule has 0 unspecified atom stereocenters. The Hall–Kier alpha value is -3.38. The second-order valence-electron chi connectivity index (χ2n) is 7.32. The van der Waals surface area contributed by atoms with Crippen molar-refractivity contribution >= 4 is 17.0 Å². The van der Waals surface area contributed by atoms with Gasteiger partial charge in [-0.1, -0.05) is 6.92 Å². The smallest absolute Gasteiger partial charge is 0.422 e. The highest BCUT2D eigenvalue weighted by atomic mass is 19.4. The van der Waals surface area contributed by atoms with Crippen molar-refractivity contribution < 1.29 is 22.6 Å². The molecule has 0 atom stereocenters. The fraction of sp³-hybridized carbons (Fsp3) is 0.435. The minimum Gasteiger partial charge on any atom is -0.484 e. The van der Waals surface area contributed by atoms with Crippen LogP contribution in [-0.4, -0.2) is 53.6 Å². The third-order valence-electron chi connectivity index (χ3n) is 4.42. The highest BCUT2D eigenvalue weighted by Crippen LogP contribution is 2.21. The molecule has 35 heavy (non-hydrogen) atoms. The van der Waals surface area contributed by atoms with Gasteiger partial charge in [0.2, 0.25) is 11.5 Å². The van der Waals surface area contributed by atoms with Crippen molar-refractivity contribution in [3.8, 4) is 11.4 Å². The molecular weight excluding hydrogens is 467 g/mol. The molecule has 2 aromatic heterocycles. The van der Waals surface area contributed by atoms with E-state index in [0.717, 1.165) is 19.8 Å². The molecule has 0 spiro atoms. The van der Waals surface area contributed by atoms with Gasteiger partial charge < -0.3 is 25.5 Å². The van der Waals surface area contributed by atoms with Gasteiger partial charge in [-0.15, -0.1) is 0 Å². The Morgan fingerprint density at radius 1 is 1.11 bits per heavy atom. The predicted octanol–water partition coefficient (Wildman–Crippen LogP) is 3.21. The molecule has 1 aliphatic rings. The summed E-state index contributed by atoms with van der Waals surface area (Å²) in [4.78, 5) is 31.1. The summed E-state index contributed by atoms with van der Waals surface area (Å²) in [5, 5.41) is 3.14. The number of aromatic amines is 1. The van der Waals surface area contributed by atoms with Crippen molar-refractivity contribution in [3.63, 3.8) is 0 Å². The summed E-state index contributed by atoms with van der Waals surface area (Å²) in [5.41, 5.74) is 4.55. The molecule has 192 valence electrons. The quantitative estimate of drug-likeness (QED) is 0.494. The second kappa shape index (κ2) is 13.5. The first-order valence-corrected chi connectivity index (χ1v) is 11.2. The molecule has 1 fully saturated rings. The van der Waals surface area contributed by atoms with E-state index in [1.165, 1.54) is 53.8 Å². The monoisotopic (exact) mass is 497 g/mol. The lowest BCUT2D eigenvalue weighted by atomic mass is 10.2. The molecule has 3 aromatic rings. The number of nitrogens with zero attached hydrogens (tertiary/aromatic N) is 2. The second-order valence-corrected chi connectivity index (χ2v) is 7.32. The Kier molecular flexibility index (Phi) is 10.7. The average Bonchev–Trinajstić information content (AvgIpc) is 3.39. The van der Waals surface area contributed by atoms with Crippen LogP contribution in [0.1, 0.15) is 26.7 Å². The fourth-order valence-electron chi connectivity index (χ4n) is 2.98. The van der Waals surface area contributed by atoms with Crippen LogP contribution in [-0.2, 0) is 4.74 Å². The molecule has 0 saturated carbocycles. The summed E-state index contributed by atoms with van der Waals surface area (Å²) in [6.45, 7) is 5.52. The topological polar surface area (TPSA) is 124 Å². The van der Waals surface area contributed by atoms with E-state index in [4.69, 9.17) is 10.5 Å². The van der Waals surface area contributed by atoms with Crippen molar-refractivity contribution in [2.75, 3.05) is 38.2 Å². The number of halogens is 3. The Balaban J connectivity index is 0.000000462. The van der Waals surface area contributed by atoms with E-state index in [-0.39, 0.29) is 28.3 Å². The van der Waals surface area contributed by atoms with Gasteiger partial charge in [0.1, 0.15) is 11.4 Å². The van der Waals surface area contributed by atoms with Crippen LogP contribution in [0.5, 0.6) is 5.75 Å². The van der Waals surface area contributed by atoms with Crippen LogP contribution >= 0.6 is 0 Å². The number of rotatable bonds is 5. The van der Waals surface area contributed by atoms with Crippen molar-refractivity contribution in [3.05, 3.63) is 57.1 Å². The summed E-state index contributed by atoms with van der Waals surface area (Å²) in [6, 6.07) is 8.16. The number of nitrogens with one attached hydrogen (secondary N) is 2. The number of H-pyrrole nitrogens is 1. The minimum absolute atomic E-state index is 0.0206. The summed E-state index contributed by atoms with van der Waals surface area (Å²) in [6.07, 6.45) is -1.88. The third-order valence-corrected chi connectivity index (χ3v) is 4.42. The number of alkyl halides is 3. The number of benzene rings is 1. The van der Waals surface area contributed by atoms with Crippen LogP contribution in [0.4, 0.5) is 19.1 Å². The maximum atomic E-state index is 12.9. The highest BCUT2D eigenvalue weighted by Gasteiger charge is 2.28. The first kappa shape index (κ1) is 27.9. The van der Waals surface area contributed by atoms with E-state index in [9.17, 15) is 22.8 Å². The van der Waals surface area contributed by atoms with Crippen LogP contribution < -0.4 is 26.9 Å². The molecule has 12 heteroatoms. The lowest BCUT2D eigenvalue weighted by Gasteiger charge is -2.14. The number of hydrogen-bond donors (Lipinski definition) is 3. The normalized spacial score (nSPS) is 12.9.